The minimum atomic E-state index is -0.264. The predicted octanol–water partition coefficient (Wildman–Crippen LogP) is 2.36. The third-order valence-electron chi connectivity index (χ3n) is 4.37. The number of hydrogen-bond acceptors (Lipinski definition) is 5. The molecular formula is C16H18FN3O2. The lowest BCUT2D eigenvalue weighted by molar-refractivity contribution is -0.0858. The fourth-order valence-electron chi connectivity index (χ4n) is 3.34. The van der Waals surface area contributed by atoms with Crippen molar-refractivity contribution in [3.8, 4) is 0 Å². The monoisotopic (exact) mass is 303 g/mol. The third kappa shape index (κ3) is 2.53. The standard InChI is InChI=1S/C16H18FN3O2/c17-12-3-4-14-13(8-12)15(19-10-18-14)20-5-1-2-11(9-20)16-21-6-7-22-16/h3-4,8,10-11,16H,1-2,5-7,9H2/t11-/m1/s1. The van der Waals surface area contributed by atoms with Crippen LogP contribution in [0.1, 0.15) is 12.8 Å². The minimum Gasteiger partial charge on any atom is -0.356 e. The van der Waals surface area contributed by atoms with Crippen LogP contribution in [0.2, 0.25) is 0 Å². The summed E-state index contributed by atoms with van der Waals surface area (Å²) in [5.74, 6) is 0.863. The highest BCUT2D eigenvalue weighted by Gasteiger charge is 2.32. The van der Waals surface area contributed by atoms with Crippen LogP contribution in [-0.2, 0) is 9.47 Å². The van der Waals surface area contributed by atoms with Crippen molar-refractivity contribution in [3.05, 3.63) is 30.3 Å². The van der Waals surface area contributed by atoms with Crippen LogP contribution in [0.3, 0.4) is 0 Å². The molecule has 116 valence electrons. The van der Waals surface area contributed by atoms with Crippen LogP contribution in [0.15, 0.2) is 24.5 Å². The van der Waals surface area contributed by atoms with E-state index in [0.717, 1.165) is 42.7 Å². The first-order valence-electron chi connectivity index (χ1n) is 7.70. The number of aromatic nitrogens is 2. The van der Waals surface area contributed by atoms with E-state index >= 15 is 0 Å². The van der Waals surface area contributed by atoms with E-state index in [2.05, 4.69) is 14.9 Å². The molecule has 2 aliphatic rings. The van der Waals surface area contributed by atoms with E-state index < -0.39 is 0 Å². The first kappa shape index (κ1) is 13.8. The molecule has 0 saturated carbocycles. The summed E-state index contributed by atoms with van der Waals surface area (Å²) in [6, 6.07) is 4.63. The lowest BCUT2D eigenvalue weighted by Gasteiger charge is -2.35. The number of benzene rings is 1. The van der Waals surface area contributed by atoms with Gasteiger partial charge < -0.3 is 14.4 Å². The molecule has 3 heterocycles. The van der Waals surface area contributed by atoms with Crippen molar-refractivity contribution in [1.29, 1.82) is 0 Å². The maximum absolute atomic E-state index is 13.6. The first-order chi connectivity index (χ1) is 10.8. The number of anilines is 1. The molecule has 0 unspecified atom stereocenters. The molecule has 1 atom stereocenters. The normalized spacial score (nSPS) is 23.3. The van der Waals surface area contributed by atoms with Gasteiger partial charge in [-0.15, -0.1) is 0 Å². The van der Waals surface area contributed by atoms with Gasteiger partial charge in [0.25, 0.3) is 0 Å². The van der Waals surface area contributed by atoms with E-state index in [4.69, 9.17) is 9.47 Å². The number of rotatable bonds is 2. The highest BCUT2D eigenvalue weighted by molar-refractivity contribution is 5.89. The second-order valence-electron chi connectivity index (χ2n) is 5.82. The van der Waals surface area contributed by atoms with E-state index in [-0.39, 0.29) is 12.1 Å². The number of ether oxygens (including phenoxy) is 2. The van der Waals surface area contributed by atoms with Gasteiger partial charge in [-0.25, -0.2) is 14.4 Å². The smallest absolute Gasteiger partial charge is 0.162 e. The second-order valence-corrected chi connectivity index (χ2v) is 5.82. The van der Waals surface area contributed by atoms with Crippen LogP contribution >= 0.6 is 0 Å². The van der Waals surface area contributed by atoms with Gasteiger partial charge >= 0.3 is 0 Å². The maximum atomic E-state index is 13.6. The van der Waals surface area contributed by atoms with Gasteiger partial charge in [0.15, 0.2) is 6.29 Å². The summed E-state index contributed by atoms with van der Waals surface area (Å²) in [6.45, 7) is 3.06. The Kier molecular flexibility index (Phi) is 3.63. The number of fused-ring (bicyclic) bond motifs is 1. The number of nitrogens with zero attached hydrogens (tertiary/aromatic N) is 3. The van der Waals surface area contributed by atoms with Crippen molar-refractivity contribution < 1.29 is 13.9 Å². The van der Waals surface area contributed by atoms with E-state index in [9.17, 15) is 4.39 Å². The molecule has 1 aromatic heterocycles. The van der Waals surface area contributed by atoms with Gasteiger partial charge in [0.05, 0.1) is 18.7 Å². The first-order valence-corrected chi connectivity index (χ1v) is 7.70. The van der Waals surface area contributed by atoms with Gasteiger partial charge in [-0.05, 0) is 31.0 Å². The quantitative estimate of drug-likeness (QED) is 0.852. The molecule has 0 amide bonds. The summed E-state index contributed by atoms with van der Waals surface area (Å²) < 4.78 is 24.9. The van der Waals surface area contributed by atoms with Crippen LogP contribution < -0.4 is 4.90 Å². The maximum Gasteiger partial charge on any atom is 0.162 e. The summed E-state index contributed by atoms with van der Waals surface area (Å²) in [6.07, 6.45) is 3.56. The van der Waals surface area contributed by atoms with Gasteiger partial charge in [-0.3, -0.25) is 0 Å². The molecule has 2 saturated heterocycles. The Morgan fingerprint density at radius 3 is 2.91 bits per heavy atom. The highest BCUT2D eigenvalue weighted by atomic mass is 19.1. The fraction of sp³-hybridized carbons (Fsp3) is 0.500. The van der Waals surface area contributed by atoms with E-state index in [0.29, 0.717) is 19.1 Å². The molecule has 2 aliphatic heterocycles. The van der Waals surface area contributed by atoms with Crippen molar-refractivity contribution in [2.75, 3.05) is 31.2 Å². The molecule has 0 spiro atoms. The van der Waals surface area contributed by atoms with Gasteiger partial charge in [-0.1, -0.05) is 0 Å². The van der Waals surface area contributed by atoms with Crippen molar-refractivity contribution in [2.45, 2.75) is 19.1 Å². The molecule has 6 heteroatoms. The Labute approximate surface area is 128 Å². The molecule has 0 N–H and O–H groups in total. The Morgan fingerprint density at radius 1 is 1.18 bits per heavy atom. The van der Waals surface area contributed by atoms with Crippen molar-refractivity contribution >= 4 is 16.7 Å². The molecule has 2 fully saturated rings. The number of piperidine rings is 1. The van der Waals surface area contributed by atoms with Gasteiger partial charge in [0.2, 0.25) is 0 Å². The van der Waals surface area contributed by atoms with Crippen molar-refractivity contribution in [2.24, 2.45) is 5.92 Å². The summed E-state index contributed by atoms with van der Waals surface area (Å²) >= 11 is 0. The zero-order valence-corrected chi connectivity index (χ0v) is 12.2. The van der Waals surface area contributed by atoms with Crippen LogP contribution in [0.5, 0.6) is 0 Å². The highest BCUT2D eigenvalue weighted by Crippen LogP contribution is 2.30. The molecule has 4 rings (SSSR count). The molecule has 5 nitrogen and oxygen atoms in total. The summed E-state index contributed by atoms with van der Waals surface area (Å²) in [7, 11) is 0. The van der Waals surface area contributed by atoms with Crippen LogP contribution in [0.4, 0.5) is 10.2 Å². The van der Waals surface area contributed by atoms with E-state index in [1.54, 1.807) is 12.4 Å². The average Bonchev–Trinajstić information content (AvgIpc) is 3.09. The predicted molar refractivity (Wildman–Crippen MR) is 80.1 cm³/mol. The summed E-state index contributed by atoms with van der Waals surface area (Å²) in [4.78, 5) is 10.8. The molecule has 1 aromatic carbocycles. The Balaban J connectivity index is 1.64. The molecule has 0 aliphatic carbocycles. The van der Waals surface area contributed by atoms with Gasteiger partial charge in [-0.2, -0.15) is 0 Å². The van der Waals surface area contributed by atoms with Crippen molar-refractivity contribution in [3.63, 3.8) is 0 Å². The summed E-state index contributed by atoms with van der Waals surface area (Å²) in [5, 5.41) is 0.761. The number of halogens is 1. The van der Waals surface area contributed by atoms with Crippen LogP contribution in [0, 0.1) is 11.7 Å². The van der Waals surface area contributed by atoms with Crippen LogP contribution in [-0.4, -0.2) is 42.6 Å². The van der Waals surface area contributed by atoms with Gasteiger partial charge in [0.1, 0.15) is 18.0 Å². The van der Waals surface area contributed by atoms with E-state index in [1.165, 1.54) is 12.1 Å². The lowest BCUT2D eigenvalue weighted by atomic mass is 9.97. The Bertz CT molecular complexity index is 675. The van der Waals surface area contributed by atoms with Crippen LogP contribution in [0.25, 0.3) is 10.9 Å². The Morgan fingerprint density at radius 2 is 2.05 bits per heavy atom. The zero-order chi connectivity index (χ0) is 14.9. The fourth-order valence-corrected chi connectivity index (χ4v) is 3.34. The molecule has 0 radical (unpaired) electrons. The molecule has 22 heavy (non-hydrogen) atoms. The van der Waals surface area contributed by atoms with E-state index in [1.807, 2.05) is 0 Å². The number of hydrogen-bond donors (Lipinski definition) is 0. The summed E-state index contributed by atoms with van der Waals surface area (Å²) in [5.41, 5.74) is 0.766. The zero-order valence-electron chi connectivity index (χ0n) is 12.2. The molecule has 0 bridgehead atoms. The van der Waals surface area contributed by atoms with Gasteiger partial charge in [0, 0.05) is 24.4 Å². The molecule has 2 aromatic rings. The minimum absolute atomic E-state index is 0.118. The topological polar surface area (TPSA) is 47.5 Å². The lowest BCUT2D eigenvalue weighted by Crippen LogP contribution is -2.41. The second kappa shape index (κ2) is 5.78. The third-order valence-corrected chi connectivity index (χ3v) is 4.37. The molecular weight excluding hydrogens is 285 g/mol. The largest absolute Gasteiger partial charge is 0.356 e. The SMILES string of the molecule is Fc1ccc2ncnc(N3CCC[C@@H](C4OCCO4)C3)c2c1. The average molecular weight is 303 g/mol. The Hall–Kier alpha value is -1.79. The van der Waals surface area contributed by atoms with Crippen molar-refractivity contribution in [1.82, 2.24) is 9.97 Å².